The van der Waals surface area contributed by atoms with Gasteiger partial charge in [0.15, 0.2) is 0 Å². The molecule has 59 heavy (non-hydrogen) atoms. The largest absolute Gasteiger partial charge is 0.756 e. The first kappa shape index (κ1) is 53.5. The van der Waals surface area contributed by atoms with E-state index >= 15 is 0 Å². The van der Waals surface area contributed by atoms with Gasteiger partial charge in [-0.15, -0.1) is 5.06 Å². The van der Waals surface area contributed by atoms with Crippen molar-refractivity contribution in [2.24, 2.45) is 10.9 Å². The summed E-state index contributed by atoms with van der Waals surface area (Å²) in [6.45, 7) is 1.46. The van der Waals surface area contributed by atoms with Crippen molar-refractivity contribution < 1.29 is 78.2 Å². The number of primary sulfonamides is 1. The predicted molar refractivity (Wildman–Crippen MR) is 207 cm³/mol. The van der Waals surface area contributed by atoms with Crippen molar-refractivity contribution in [1.29, 1.82) is 0 Å². The summed E-state index contributed by atoms with van der Waals surface area (Å²) in [6, 6.07) is 10.7. The van der Waals surface area contributed by atoms with Crippen LogP contribution in [0.25, 0.3) is 0 Å². The van der Waals surface area contributed by atoms with Crippen LogP contribution < -0.4 is 30.7 Å². The average molecular weight is 915 g/mol. The molecule has 0 bridgehead atoms. The fourth-order valence-corrected chi connectivity index (χ4v) is 6.24. The Morgan fingerprint density at radius 1 is 0.780 bits per heavy atom. The van der Waals surface area contributed by atoms with E-state index in [9.17, 15) is 55.3 Å². The van der Waals surface area contributed by atoms with E-state index in [0.29, 0.717) is 30.1 Å². The minimum absolute atomic E-state index is 0.0181. The predicted octanol–water partition coefficient (Wildman–Crippen LogP) is 1.90. The summed E-state index contributed by atoms with van der Waals surface area (Å²) in [5.74, 6) is -2.29. The van der Waals surface area contributed by atoms with Crippen LogP contribution in [0.4, 0.5) is 5.69 Å². The zero-order valence-corrected chi connectivity index (χ0v) is 35.9. The molecule has 0 saturated carbocycles. The number of hydrogen-bond acceptors (Lipinski definition) is 18. The lowest BCUT2D eigenvalue weighted by molar-refractivity contribution is -0.224. The number of anilines is 1. The van der Waals surface area contributed by atoms with E-state index in [2.05, 4.69) is 28.1 Å². The molecule has 1 aliphatic rings. The summed E-state index contributed by atoms with van der Waals surface area (Å²) in [4.78, 5) is 72.4. The number of phosphoric acid groups is 2. The maximum atomic E-state index is 11.9. The molecule has 1 saturated heterocycles. The first-order valence-electron chi connectivity index (χ1n) is 17.9. The number of nitrogens with one attached hydrogen (secondary N) is 2. The number of nitrogens with two attached hydrogens (primary N) is 2. The number of nitrogens with zero attached hydrogens (tertiary/aromatic N) is 1. The van der Waals surface area contributed by atoms with E-state index in [1.54, 1.807) is 0 Å². The van der Waals surface area contributed by atoms with Crippen LogP contribution in [0.1, 0.15) is 91.3 Å². The van der Waals surface area contributed by atoms with E-state index in [4.69, 9.17) is 15.7 Å². The number of rotatable bonds is 24. The van der Waals surface area contributed by atoms with Crippen LogP contribution in [0, 0.1) is 0 Å². The molecule has 1 aliphatic heterocycles. The van der Waals surface area contributed by atoms with Crippen molar-refractivity contribution in [2.75, 3.05) is 45.2 Å². The number of carbonyl (C=O) groups excluding carboxylic acids is 4. The molecule has 3 unspecified atom stereocenters. The van der Waals surface area contributed by atoms with Crippen LogP contribution >= 0.6 is 15.6 Å². The van der Waals surface area contributed by atoms with E-state index < -0.39 is 54.7 Å². The van der Waals surface area contributed by atoms with Gasteiger partial charge in [-0.25, -0.2) is 18.4 Å². The standard InChI is InChI=1S/C15H25N2O7PS.C11H10N2O6S.C7H18NO4P/c1-23-25(19,20)24-12-6-4-2-3-5-11-17-15(18)13-7-9-14(10-8-13)26(16,21)22;14-9-5-6-10(15)13(9)19-11(16)7-1-3-8(4-2-7)12-20(17)18;1-11-13(9,10)12-7-5-3-2-4-6-8/h7-10H,2-6,11-12H2,1H3,(H,17,18)(H,19,20)(H2,16,21,22);1-4,12H,5-6H2,(H,17,18);2-8H2,1H3,(H,9,10)/p-3. The molecule has 2 aromatic rings. The van der Waals surface area contributed by atoms with Crippen LogP contribution in [-0.2, 0) is 62.9 Å². The van der Waals surface area contributed by atoms with Crippen molar-refractivity contribution in [3.05, 3.63) is 59.7 Å². The van der Waals surface area contributed by atoms with Gasteiger partial charge in [0, 0.05) is 56.1 Å². The van der Waals surface area contributed by atoms with Gasteiger partial charge in [0.05, 0.1) is 23.7 Å². The van der Waals surface area contributed by atoms with E-state index in [0.717, 1.165) is 65.6 Å². The number of hydroxylamine groups is 2. The molecule has 2 aromatic carbocycles. The molecule has 22 nitrogen and oxygen atoms in total. The molecule has 0 aromatic heterocycles. The molecular weight excluding hydrogens is 864 g/mol. The second-order valence-electron chi connectivity index (χ2n) is 12.1. The highest BCUT2D eigenvalue weighted by molar-refractivity contribution is 7.89. The molecule has 6 N–H and O–H groups in total. The SMILES string of the molecule is COP(=O)([O-])OCCCCCCCNC(=O)c1ccc(S(N)(=O)=O)cc1.COP(=O)([O-])OCCCCCCN.O=C(ON1C(=O)CCC1=O)c1ccc(NS(=O)[O-])cc1. The smallest absolute Gasteiger partial charge is 0.363 e. The lowest BCUT2D eigenvalue weighted by atomic mass is 10.1. The topological polar surface area (TPSA) is 348 Å². The molecule has 1 fully saturated rings. The number of sulfonamides is 1. The highest BCUT2D eigenvalue weighted by Gasteiger charge is 2.33. The maximum absolute atomic E-state index is 11.9. The molecule has 0 radical (unpaired) electrons. The zero-order valence-electron chi connectivity index (χ0n) is 32.5. The Balaban J connectivity index is 0.000000468. The van der Waals surface area contributed by atoms with E-state index in [1.165, 1.54) is 48.5 Å². The van der Waals surface area contributed by atoms with Crippen LogP contribution in [0.5, 0.6) is 0 Å². The van der Waals surface area contributed by atoms with Gasteiger partial charge in [-0.05, 0) is 80.8 Å². The summed E-state index contributed by atoms with van der Waals surface area (Å²) >= 11 is -2.46. The van der Waals surface area contributed by atoms with Gasteiger partial charge in [-0.2, -0.15) is 0 Å². The molecule has 0 aliphatic carbocycles. The summed E-state index contributed by atoms with van der Waals surface area (Å²) in [5, 5.41) is 8.19. The first-order valence-corrected chi connectivity index (χ1v) is 23.5. The lowest BCUT2D eigenvalue weighted by Crippen LogP contribution is -2.32. The van der Waals surface area contributed by atoms with Gasteiger partial charge in [0.25, 0.3) is 33.4 Å². The first-order chi connectivity index (χ1) is 27.7. The quantitative estimate of drug-likeness (QED) is 0.0505. The third-order valence-electron chi connectivity index (χ3n) is 7.60. The number of amides is 3. The second kappa shape index (κ2) is 28.1. The number of carbonyl (C=O) groups is 4. The van der Waals surface area contributed by atoms with Gasteiger partial charge in [-0.1, -0.05) is 32.1 Å². The Bertz CT molecular complexity index is 1840. The zero-order chi connectivity index (χ0) is 44.5. The monoisotopic (exact) mass is 914 g/mol. The Hall–Kier alpha value is -3.48. The molecule has 1 heterocycles. The summed E-state index contributed by atoms with van der Waals surface area (Å²) in [5.41, 5.74) is 5.99. The van der Waals surface area contributed by atoms with Crippen molar-refractivity contribution in [3.63, 3.8) is 0 Å². The molecular formula is C33H50N5O17P2S2-3. The number of benzene rings is 2. The third-order valence-corrected chi connectivity index (χ3v) is 10.8. The Morgan fingerprint density at radius 3 is 1.69 bits per heavy atom. The van der Waals surface area contributed by atoms with Crippen molar-refractivity contribution in [1.82, 2.24) is 10.4 Å². The number of phosphoric ester groups is 2. The summed E-state index contributed by atoms with van der Waals surface area (Å²) in [6.07, 6.45) is 7.63. The highest BCUT2D eigenvalue weighted by atomic mass is 32.2. The number of unbranched alkanes of at least 4 members (excludes halogenated alkanes) is 7. The van der Waals surface area contributed by atoms with Gasteiger partial charge in [0.2, 0.25) is 10.0 Å². The summed E-state index contributed by atoms with van der Waals surface area (Å²) < 4.78 is 84.2. The molecule has 0 spiro atoms. The number of hydrogen-bond donors (Lipinski definition) is 4. The molecule has 3 atom stereocenters. The van der Waals surface area contributed by atoms with Crippen molar-refractivity contribution in [3.8, 4) is 0 Å². The molecule has 3 amide bonds. The molecule has 3 rings (SSSR count). The third kappa shape index (κ3) is 23.8. The van der Waals surface area contributed by atoms with Crippen molar-refractivity contribution >= 4 is 66.3 Å². The van der Waals surface area contributed by atoms with Crippen molar-refractivity contribution in [2.45, 2.75) is 75.5 Å². The van der Waals surface area contributed by atoms with Crippen LogP contribution in [0.2, 0.25) is 0 Å². The van der Waals surface area contributed by atoms with Crippen LogP contribution in [0.3, 0.4) is 0 Å². The molecule has 334 valence electrons. The fraction of sp³-hybridized carbons (Fsp3) is 0.515. The van der Waals surface area contributed by atoms with Crippen LogP contribution in [0.15, 0.2) is 53.4 Å². The fourth-order valence-electron chi connectivity index (χ4n) is 4.48. The van der Waals surface area contributed by atoms with Gasteiger partial charge in [-0.3, -0.25) is 27.7 Å². The average Bonchev–Trinajstić information content (AvgIpc) is 3.50. The van der Waals surface area contributed by atoms with Gasteiger partial charge in [0.1, 0.15) is 0 Å². The Morgan fingerprint density at radius 2 is 1.24 bits per heavy atom. The van der Waals surface area contributed by atoms with Crippen LogP contribution in [-0.4, -0.2) is 86.5 Å². The molecule has 26 heteroatoms. The normalized spacial score (nSPS) is 15.1. The van der Waals surface area contributed by atoms with Gasteiger partial charge < -0.3 is 53.0 Å². The Labute approximate surface area is 345 Å². The highest BCUT2D eigenvalue weighted by Crippen LogP contribution is 2.37. The van der Waals surface area contributed by atoms with Gasteiger partial charge >= 0.3 is 5.97 Å². The summed E-state index contributed by atoms with van der Waals surface area (Å²) in [7, 11) is -9.77. The Kier molecular flexibility index (Phi) is 25.5. The number of imide groups is 1. The second-order valence-corrected chi connectivity index (χ2v) is 17.4. The maximum Gasteiger partial charge on any atom is 0.363 e. The minimum atomic E-state index is -4.13. The van der Waals surface area contributed by atoms with E-state index in [1.807, 2.05) is 0 Å². The lowest BCUT2D eigenvalue weighted by Gasteiger charge is -2.19. The van der Waals surface area contributed by atoms with E-state index in [-0.39, 0.29) is 48.1 Å². The minimum Gasteiger partial charge on any atom is -0.756 e.